The van der Waals surface area contributed by atoms with Crippen LogP contribution < -0.4 is 5.32 Å². The van der Waals surface area contributed by atoms with Gasteiger partial charge in [0.15, 0.2) is 0 Å². The highest BCUT2D eigenvalue weighted by Crippen LogP contribution is 2.20. The number of hydrogen-bond donors (Lipinski definition) is 2. The van der Waals surface area contributed by atoms with E-state index in [9.17, 15) is 0 Å². The number of hydrogen-bond acceptors (Lipinski definition) is 3. The summed E-state index contributed by atoms with van der Waals surface area (Å²) < 4.78 is 0. The van der Waals surface area contributed by atoms with Crippen molar-refractivity contribution in [1.82, 2.24) is 20.3 Å². The summed E-state index contributed by atoms with van der Waals surface area (Å²) in [6.07, 6.45) is 6.56. The zero-order chi connectivity index (χ0) is 12.1. The van der Waals surface area contributed by atoms with Crippen LogP contribution in [-0.2, 0) is 13.0 Å². The second-order valence-corrected chi connectivity index (χ2v) is 3.92. The summed E-state index contributed by atoms with van der Waals surface area (Å²) in [4.78, 5) is 11.9. The Morgan fingerprint density at radius 3 is 2.94 bits per heavy atom. The molecule has 4 heteroatoms. The van der Waals surface area contributed by atoms with E-state index in [0.717, 1.165) is 36.6 Å². The molecule has 0 aliphatic heterocycles. The van der Waals surface area contributed by atoms with Crippen molar-refractivity contribution < 1.29 is 0 Å². The third-order valence-corrected chi connectivity index (χ3v) is 2.73. The first-order valence-corrected chi connectivity index (χ1v) is 6.03. The molecule has 17 heavy (non-hydrogen) atoms. The fourth-order valence-electron chi connectivity index (χ4n) is 1.79. The molecule has 0 amide bonds. The van der Waals surface area contributed by atoms with Gasteiger partial charge in [0.2, 0.25) is 0 Å². The van der Waals surface area contributed by atoms with Gasteiger partial charge in [0.05, 0.1) is 0 Å². The molecule has 2 heterocycles. The summed E-state index contributed by atoms with van der Waals surface area (Å²) in [5.74, 6) is 0.928. The summed E-state index contributed by atoms with van der Waals surface area (Å²) >= 11 is 0. The molecule has 0 bridgehead atoms. The van der Waals surface area contributed by atoms with Gasteiger partial charge in [-0.2, -0.15) is 0 Å². The average Bonchev–Trinajstić information content (AvgIpc) is 2.85. The molecule has 0 aliphatic rings. The monoisotopic (exact) mass is 230 g/mol. The van der Waals surface area contributed by atoms with Gasteiger partial charge in [-0.3, -0.25) is 4.98 Å². The van der Waals surface area contributed by atoms with Gasteiger partial charge in [0.25, 0.3) is 0 Å². The van der Waals surface area contributed by atoms with Crippen molar-refractivity contribution in [2.24, 2.45) is 0 Å². The molecular weight excluding hydrogens is 212 g/mol. The molecule has 2 N–H and O–H groups in total. The number of nitrogens with zero attached hydrogens (tertiary/aromatic N) is 2. The Hall–Kier alpha value is -1.68. The van der Waals surface area contributed by atoms with Gasteiger partial charge in [-0.05, 0) is 24.6 Å². The molecule has 2 rings (SSSR count). The lowest BCUT2D eigenvalue weighted by Gasteiger charge is -2.03. The second kappa shape index (κ2) is 5.59. The molecule has 0 aromatic carbocycles. The lowest BCUT2D eigenvalue weighted by Crippen LogP contribution is -2.11. The molecule has 0 spiro atoms. The van der Waals surface area contributed by atoms with Crippen LogP contribution in [0, 0.1) is 0 Å². The van der Waals surface area contributed by atoms with Crippen molar-refractivity contribution in [3.05, 3.63) is 35.9 Å². The molecule has 2 aromatic heterocycles. The topological polar surface area (TPSA) is 53.6 Å². The van der Waals surface area contributed by atoms with Crippen molar-refractivity contribution in [1.29, 1.82) is 0 Å². The molecule has 0 saturated carbocycles. The number of pyridine rings is 1. The summed E-state index contributed by atoms with van der Waals surface area (Å²) in [6.45, 7) is 6.01. The van der Waals surface area contributed by atoms with Crippen molar-refractivity contribution in [2.45, 2.75) is 26.8 Å². The first-order valence-electron chi connectivity index (χ1n) is 6.03. The zero-order valence-corrected chi connectivity index (χ0v) is 10.3. The lowest BCUT2D eigenvalue weighted by atomic mass is 10.1. The van der Waals surface area contributed by atoms with Crippen molar-refractivity contribution in [3.63, 3.8) is 0 Å². The third-order valence-electron chi connectivity index (χ3n) is 2.73. The van der Waals surface area contributed by atoms with Crippen LogP contribution in [0.5, 0.6) is 0 Å². The smallest absolute Gasteiger partial charge is 0.137 e. The Bertz CT molecular complexity index is 476. The number of aryl methyl sites for hydroxylation is 1. The third kappa shape index (κ3) is 2.71. The van der Waals surface area contributed by atoms with E-state index in [2.05, 4.69) is 34.1 Å². The fourth-order valence-corrected chi connectivity index (χ4v) is 1.79. The van der Waals surface area contributed by atoms with E-state index >= 15 is 0 Å². The largest absolute Gasteiger partial charge is 0.341 e. The number of aromatic nitrogens is 3. The molecule has 2 aromatic rings. The van der Waals surface area contributed by atoms with Crippen LogP contribution in [-0.4, -0.2) is 21.5 Å². The van der Waals surface area contributed by atoms with Crippen LogP contribution >= 0.6 is 0 Å². The van der Waals surface area contributed by atoms with E-state index in [0.29, 0.717) is 0 Å². The Morgan fingerprint density at radius 1 is 1.29 bits per heavy atom. The highest BCUT2D eigenvalue weighted by atomic mass is 15.0. The van der Waals surface area contributed by atoms with Crippen LogP contribution in [0.3, 0.4) is 0 Å². The maximum Gasteiger partial charge on any atom is 0.137 e. The molecule has 0 radical (unpaired) electrons. The highest BCUT2D eigenvalue weighted by Gasteiger charge is 2.07. The molecule has 0 aliphatic carbocycles. The van der Waals surface area contributed by atoms with Gasteiger partial charge in [-0.25, -0.2) is 4.98 Å². The lowest BCUT2D eigenvalue weighted by molar-refractivity contribution is 0.714. The minimum absolute atomic E-state index is 0.829. The van der Waals surface area contributed by atoms with Gasteiger partial charge in [0, 0.05) is 36.4 Å². The number of rotatable bonds is 5. The normalized spacial score (nSPS) is 10.7. The number of H-pyrrole nitrogens is 1. The number of nitrogens with one attached hydrogen (secondary N) is 2. The number of imidazole rings is 1. The van der Waals surface area contributed by atoms with Crippen LogP contribution in [0.2, 0.25) is 0 Å². The van der Waals surface area contributed by atoms with Crippen molar-refractivity contribution in [2.75, 3.05) is 6.54 Å². The predicted octanol–water partition coefficient (Wildman–Crippen LogP) is 2.14. The molecule has 0 unspecified atom stereocenters. The summed E-state index contributed by atoms with van der Waals surface area (Å²) in [5.41, 5.74) is 3.47. The van der Waals surface area contributed by atoms with Gasteiger partial charge in [0.1, 0.15) is 5.82 Å². The Morgan fingerprint density at radius 2 is 2.18 bits per heavy atom. The first kappa shape index (κ1) is 11.8. The maximum absolute atomic E-state index is 4.42. The second-order valence-electron chi connectivity index (χ2n) is 3.92. The summed E-state index contributed by atoms with van der Waals surface area (Å²) in [7, 11) is 0. The van der Waals surface area contributed by atoms with E-state index in [1.807, 2.05) is 18.5 Å². The van der Waals surface area contributed by atoms with Crippen LogP contribution in [0.15, 0.2) is 24.7 Å². The van der Waals surface area contributed by atoms with E-state index in [4.69, 9.17) is 0 Å². The highest BCUT2D eigenvalue weighted by molar-refractivity contribution is 5.59. The van der Waals surface area contributed by atoms with Gasteiger partial charge in [-0.1, -0.05) is 13.8 Å². The van der Waals surface area contributed by atoms with Crippen molar-refractivity contribution in [3.8, 4) is 11.4 Å². The van der Waals surface area contributed by atoms with Crippen molar-refractivity contribution >= 4 is 0 Å². The molecule has 0 fully saturated rings. The minimum atomic E-state index is 0.829. The molecule has 0 atom stereocenters. The van der Waals surface area contributed by atoms with E-state index in [1.165, 1.54) is 5.56 Å². The summed E-state index contributed by atoms with van der Waals surface area (Å²) in [5, 5.41) is 3.27. The number of aromatic amines is 1. The standard InChI is InChI=1S/C13H18N4/c1-3-10-7-15-6-5-12(10)13-16-9-11(17-13)8-14-4-2/h5-7,9,14H,3-4,8H2,1-2H3,(H,16,17). The van der Waals surface area contributed by atoms with E-state index < -0.39 is 0 Å². The Labute approximate surface area is 102 Å². The summed E-state index contributed by atoms with van der Waals surface area (Å²) in [6, 6.07) is 2.01. The predicted molar refractivity (Wildman–Crippen MR) is 68.6 cm³/mol. The fraction of sp³-hybridized carbons (Fsp3) is 0.385. The average molecular weight is 230 g/mol. The zero-order valence-electron chi connectivity index (χ0n) is 10.3. The Kier molecular flexibility index (Phi) is 3.88. The van der Waals surface area contributed by atoms with Gasteiger partial charge >= 0.3 is 0 Å². The van der Waals surface area contributed by atoms with Crippen LogP contribution in [0.1, 0.15) is 25.1 Å². The maximum atomic E-state index is 4.42. The Balaban J connectivity index is 2.24. The van der Waals surface area contributed by atoms with E-state index in [-0.39, 0.29) is 0 Å². The van der Waals surface area contributed by atoms with Crippen LogP contribution in [0.4, 0.5) is 0 Å². The van der Waals surface area contributed by atoms with Crippen LogP contribution in [0.25, 0.3) is 11.4 Å². The molecule has 4 nitrogen and oxygen atoms in total. The van der Waals surface area contributed by atoms with Gasteiger partial charge < -0.3 is 10.3 Å². The van der Waals surface area contributed by atoms with E-state index in [1.54, 1.807) is 6.20 Å². The quantitative estimate of drug-likeness (QED) is 0.827. The SMILES string of the molecule is CCNCc1cnc(-c2ccncc2CC)[nH]1. The van der Waals surface area contributed by atoms with Gasteiger partial charge in [-0.15, -0.1) is 0 Å². The molecule has 0 saturated heterocycles. The minimum Gasteiger partial charge on any atom is -0.341 e. The molecule has 90 valence electrons. The molecular formula is C13H18N4. The first-order chi connectivity index (χ1) is 8.35.